The Bertz CT molecular complexity index is 536. The standard InChI is InChI=1S/C19H26N2/c1-3-13-19(14-4-2,15-9-5-7-11-17(15)20)16-10-6-8-12-18(16)21/h5-12H,3-4,13-14,20-21H2,1-2H3. The van der Waals surface area contributed by atoms with Crippen LogP contribution in [0.4, 0.5) is 11.4 Å². The number of rotatable bonds is 6. The van der Waals surface area contributed by atoms with Crippen LogP contribution in [-0.4, -0.2) is 0 Å². The van der Waals surface area contributed by atoms with E-state index in [1.807, 2.05) is 24.3 Å². The molecule has 2 heteroatoms. The van der Waals surface area contributed by atoms with Crippen molar-refractivity contribution < 1.29 is 0 Å². The van der Waals surface area contributed by atoms with E-state index < -0.39 is 0 Å². The van der Waals surface area contributed by atoms with Gasteiger partial charge in [-0.2, -0.15) is 0 Å². The van der Waals surface area contributed by atoms with Crippen molar-refractivity contribution in [2.75, 3.05) is 11.5 Å². The largest absolute Gasteiger partial charge is 0.398 e. The van der Waals surface area contributed by atoms with Gasteiger partial charge in [-0.25, -0.2) is 0 Å². The summed E-state index contributed by atoms with van der Waals surface area (Å²) >= 11 is 0. The second kappa shape index (κ2) is 6.66. The Labute approximate surface area is 128 Å². The molecule has 0 aliphatic heterocycles. The molecule has 0 atom stereocenters. The maximum Gasteiger partial charge on any atom is 0.0355 e. The minimum atomic E-state index is -0.0831. The van der Waals surface area contributed by atoms with Crippen LogP contribution in [0.15, 0.2) is 48.5 Å². The van der Waals surface area contributed by atoms with Crippen LogP contribution in [0.2, 0.25) is 0 Å². The average molecular weight is 282 g/mol. The van der Waals surface area contributed by atoms with E-state index in [0.717, 1.165) is 37.1 Å². The molecule has 0 radical (unpaired) electrons. The van der Waals surface area contributed by atoms with Gasteiger partial charge < -0.3 is 11.5 Å². The van der Waals surface area contributed by atoms with Crippen LogP contribution in [0.5, 0.6) is 0 Å². The summed E-state index contributed by atoms with van der Waals surface area (Å²) in [4.78, 5) is 0. The summed E-state index contributed by atoms with van der Waals surface area (Å²) in [5, 5.41) is 0. The van der Waals surface area contributed by atoms with E-state index in [-0.39, 0.29) is 5.41 Å². The van der Waals surface area contributed by atoms with Crippen LogP contribution in [0.1, 0.15) is 50.7 Å². The molecule has 0 aliphatic carbocycles. The molecule has 0 aromatic heterocycles. The van der Waals surface area contributed by atoms with Gasteiger partial charge in [0.15, 0.2) is 0 Å². The molecule has 21 heavy (non-hydrogen) atoms. The lowest BCUT2D eigenvalue weighted by molar-refractivity contribution is 0.429. The molecule has 0 aliphatic rings. The molecule has 0 amide bonds. The Morgan fingerprint density at radius 3 is 1.43 bits per heavy atom. The number of benzene rings is 2. The first-order valence-corrected chi connectivity index (χ1v) is 7.85. The van der Waals surface area contributed by atoms with Crippen molar-refractivity contribution in [2.45, 2.75) is 44.9 Å². The highest BCUT2D eigenvalue weighted by molar-refractivity contribution is 5.61. The van der Waals surface area contributed by atoms with Crippen molar-refractivity contribution in [3.63, 3.8) is 0 Å². The van der Waals surface area contributed by atoms with Gasteiger partial charge in [-0.3, -0.25) is 0 Å². The second-order valence-electron chi connectivity index (χ2n) is 5.76. The van der Waals surface area contributed by atoms with E-state index in [1.165, 1.54) is 11.1 Å². The third-order valence-electron chi connectivity index (χ3n) is 4.31. The monoisotopic (exact) mass is 282 g/mol. The predicted molar refractivity (Wildman–Crippen MR) is 92.3 cm³/mol. The molecule has 0 fully saturated rings. The molecule has 0 unspecified atom stereocenters. The van der Waals surface area contributed by atoms with E-state index in [0.29, 0.717) is 0 Å². The zero-order chi connectivity index (χ0) is 15.3. The Hall–Kier alpha value is -1.96. The average Bonchev–Trinajstić information content (AvgIpc) is 2.48. The summed E-state index contributed by atoms with van der Waals surface area (Å²) in [6.45, 7) is 4.45. The predicted octanol–water partition coefficient (Wildman–Crippen LogP) is 4.74. The number of para-hydroxylation sites is 2. The Kier molecular flexibility index (Phi) is 4.89. The van der Waals surface area contributed by atoms with Crippen LogP contribution >= 0.6 is 0 Å². The van der Waals surface area contributed by atoms with E-state index in [2.05, 4.69) is 38.1 Å². The summed E-state index contributed by atoms with van der Waals surface area (Å²) in [6.07, 6.45) is 4.32. The molecule has 0 spiro atoms. The van der Waals surface area contributed by atoms with E-state index in [9.17, 15) is 0 Å². The fraction of sp³-hybridized carbons (Fsp3) is 0.368. The van der Waals surface area contributed by atoms with Crippen LogP contribution in [0, 0.1) is 0 Å². The van der Waals surface area contributed by atoms with Gasteiger partial charge in [-0.05, 0) is 36.1 Å². The van der Waals surface area contributed by atoms with Gasteiger partial charge in [-0.1, -0.05) is 63.1 Å². The van der Waals surface area contributed by atoms with Crippen LogP contribution in [-0.2, 0) is 5.41 Å². The maximum atomic E-state index is 6.31. The molecule has 0 saturated carbocycles. The molecule has 2 rings (SSSR count). The molecule has 2 nitrogen and oxygen atoms in total. The van der Waals surface area contributed by atoms with Crippen molar-refractivity contribution in [3.8, 4) is 0 Å². The molecule has 2 aromatic rings. The lowest BCUT2D eigenvalue weighted by atomic mass is 9.67. The Morgan fingerprint density at radius 1 is 0.714 bits per heavy atom. The van der Waals surface area contributed by atoms with Gasteiger partial charge in [0.25, 0.3) is 0 Å². The van der Waals surface area contributed by atoms with Gasteiger partial charge in [0, 0.05) is 16.8 Å². The number of nitrogen functional groups attached to an aromatic ring is 2. The molecule has 0 bridgehead atoms. The summed E-state index contributed by atoms with van der Waals surface area (Å²) in [5.41, 5.74) is 16.7. The smallest absolute Gasteiger partial charge is 0.0355 e. The van der Waals surface area contributed by atoms with Crippen LogP contribution in [0.3, 0.4) is 0 Å². The van der Waals surface area contributed by atoms with Crippen molar-refractivity contribution in [1.29, 1.82) is 0 Å². The number of nitrogens with two attached hydrogens (primary N) is 2. The maximum absolute atomic E-state index is 6.31. The van der Waals surface area contributed by atoms with E-state index in [1.54, 1.807) is 0 Å². The Morgan fingerprint density at radius 2 is 1.10 bits per heavy atom. The third kappa shape index (κ3) is 2.90. The van der Waals surface area contributed by atoms with Crippen molar-refractivity contribution in [3.05, 3.63) is 59.7 Å². The van der Waals surface area contributed by atoms with Gasteiger partial charge in [0.1, 0.15) is 0 Å². The quantitative estimate of drug-likeness (QED) is 0.752. The van der Waals surface area contributed by atoms with Gasteiger partial charge in [-0.15, -0.1) is 0 Å². The Balaban J connectivity index is 2.69. The zero-order valence-electron chi connectivity index (χ0n) is 13.1. The SMILES string of the molecule is CCCC(CCC)(c1ccccc1N)c1ccccc1N. The molecule has 4 N–H and O–H groups in total. The van der Waals surface area contributed by atoms with Crippen LogP contribution in [0.25, 0.3) is 0 Å². The van der Waals surface area contributed by atoms with Gasteiger partial charge in [0.2, 0.25) is 0 Å². The normalized spacial score (nSPS) is 11.5. The number of hydrogen-bond donors (Lipinski definition) is 2. The molecular weight excluding hydrogens is 256 g/mol. The van der Waals surface area contributed by atoms with E-state index in [4.69, 9.17) is 11.5 Å². The molecule has 0 saturated heterocycles. The first-order valence-electron chi connectivity index (χ1n) is 7.85. The molecule has 0 heterocycles. The number of anilines is 2. The summed E-state index contributed by atoms with van der Waals surface area (Å²) in [7, 11) is 0. The lowest BCUT2D eigenvalue weighted by Crippen LogP contribution is -2.29. The van der Waals surface area contributed by atoms with E-state index >= 15 is 0 Å². The highest BCUT2D eigenvalue weighted by Gasteiger charge is 2.35. The molecule has 112 valence electrons. The summed E-state index contributed by atoms with van der Waals surface area (Å²) < 4.78 is 0. The zero-order valence-corrected chi connectivity index (χ0v) is 13.1. The fourth-order valence-electron chi connectivity index (χ4n) is 3.53. The summed E-state index contributed by atoms with van der Waals surface area (Å²) in [6, 6.07) is 16.4. The van der Waals surface area contributed by atoms with Crippen LogP contribution < -0.4 is 11.5 Å². The van der Waals surface area contributed by atoms with Gasteiger partial charge in [0.05, 0.1) is 0 Å². The second-order valence-corrected chi connectivity index (χ2v) is 5.76. The van der Waals surface area contributed by atoms with Gasteiger partial charge >= 0.3 is 0 Å². The highest BCUT2D eigenvalue weighted by Crippen LogP contribution is 2.45. The third-order valence-corrected chi connectivity index (χ3v) is 4.31. The fourth-order valence-corrected chi connectivity index (χ4v) is 3.53. The first-order chi connectivity index (χ1) is 10.2. The topological polar surface area (TPSA) is 52.0 Å². The molecular formula is C19H26N2. The minimum Gasteiger partial charge on any atom is -0.398 e. The van der Waals surface area contributed by atoms with Crippen molar-refractivity contribution in [2.24, 2.45) is 0 Å². The summed E-state index contributed by atoms with van der Waals surface area (Å²) in [5.74, 6) is 0. The number of hydrogen-bond acceptors (Lipinski definition) is 2. The molecule has 2 aromatic carbocycles. The minimum absolute atomic E-state index is 0.0831. The van der Waals surface area contributed by atoms with Crippen molar-refractivity contribution >= 4 is 11.4 Å². The highest BCUT2D eigenvalue weighted by atomic mass is 14.6. The van der Waals surface area contributed by atoms with Crippen molar-refractivity contribution in [1.82, 2.24) is 0 Å². The lowest BCUT2D eigenvalue weighted by Gasteiger charge is -2.37. The first kappa shape index (κ1) is 15.4.